The fourth-order valence-electron chi connectivity index (χ4n) is 1.57. The summed E-state index contributed by atoms with van der Waals surface area (Å²) in [4.78, 5) is 4.29. The fourth-order valence-corrected chi connectivity index (χ4v) is 1.57. The number of nitrogens with zero attached hydrogens (tertiary/aromatic N) is 1. The van der Waals surface area contributed by atoms with Crippen LogP contribution in [-0.2, 0) is 0 Å². The zero-order valence-corrected chi connectivity index (χ0v) is 9.01. The quantitative estimate of drug-likeness (QED) is 0.815. The van der Waals surface area contributed by atoms with Crippen molar-refractivity contribution in [1.82, 2.24) is 4.98 Å². The van der Waals surface area contributed by atoms with Gasteiger partial charge < -0.3 is 11.5 Å². The van der Waals surface area contributed by atoms with E-state index in [9.17, 15) is 0 Å². The van der Waals surface area contributed by atoms with Gasteiger partial charge in [0.15, 0.2) is 0 Å². The average molecular weight is 213 g/mol. The molecule has 0 bridgehead atoms. The summed E-state index contributed by atoms with van der Waals surface area (Å²) in [6, 6.07) is 13.8. The Morgan fingerprint density at radius 1 is 1.06 bits per heavy atom. The second-order valence-electron chi connectivity index (χ2n) is 3.68. The second kappa shape index (κ2) is 4.88. The van der Waals surface area contributed by atoms with Crippen molar-refractivity contribution in [2.24, 2.45) is 11.5 Å². The maximum atomic E-state index is 5.84. The summed E-state index contributed by atoms with van der Waals surface area (Å²) in [6.45, 7) is 0.461. The second-order valence-corrected chi connectivity index (χ2v) is 3.68. The highest BCUT2D eigenvalue weighted by atomic mass is 14.7. The van der Waals surface area contributed by atoms with Crippen LogP contribution in [-0.4, -0.2) is 11.5 Å². The Balaban J connectivity index is 2.26. The first-order chi connectivity index (χ1) is 7.81. The first-order valence-electron chi connectivity index (χ1n) is 5.28. The molecule has 0 saturated carbocycles. The maximum absolute atomic E-state index is 5.84. The Kier molecular flexibility index (Phi) is 3.29. The summed E-state index contributed by atoms with van der Waals surface area (Å²) < 4.78 is 0. The molecule has 2 aromatic rings. The molecule has 1 heterocycles. The average Bonchev–Trinajstić information content (AvgIpc) is 2.39. The molecule has 0 saturated heterocycles. The summed E-state index contributed by atoms with van der Waals surface area (Å²) in [5.74, 6) is 0. The van der Waals surface area contributed by atoms with Crippen LogP contribution >= 0.6 is 0 Å². The molecule has 0 amide bonds. The summed E-state index contributed by atoms with van der Waals surface area (Å²) in [5, 5.41) is 0. The Morgan fingerprint density at radius 2 is 1.81 bits per heavy atom. The van der Waals surface area contributed by atoms with Crippen LogP contribution < -0.4 is 11.5 Å². The van der Waals surface area contributed by atoms with Crippen molar-refractivity contribution in [3.63, 3.8) is 0 Å². The van der Waals surface area contributed by atoms with Crippen molar-refractivity contribution in [3.8, 4) is 11.3 Å². The van der Waals surface area contributed by atoms with Crippen molar-refractivity contribution in [1.29, 1.82) is 0 Å². The molecule has 2 rings (SSSR count). The van der Waals surface area contributed by atoms with Crippen molar-refractivity contribution in [3.05, 3.63) is 54.2 Å². The molecule has 4 N–H and O–H groups in total. The van der Waals surface area contributed by atoms with Gasteiger partial charge in [-0.15, -0.1) is 0 Å². The third-order valence-electron chi connectivity index (χ3n) is 2.55. The normalized spacial score (nSPS) is 12.4. The lowest BCUT2D eigenvalue weighted by atomic mass is 10.0. The molecule has 82 valence electrons. The van der Waals surface area contributed by atoms with Gasteiger partial charge in [-0.1, -0.05) is 30.3 Å². The van der Waals surface area contributed by atoms with Crippen LogP contribution in [0.4, 0.5) is 0 Å². The first kappa shape index (κ1) is 10.8. The van der Waals surface area contributed by atoms with Crippen LogP contribution in [0.5, 0.6) is 0 Å². The third kappa shape index (κ3) is 2.27. The van der Waals surface area contributed by atoms with Crippen molar-refractivity contribution in [2.45, 2.75) is 6.04 Å². The van der Waals surface area contributed by atoms with Gasteiger partial charge in [-0.3, -0.25) is 4.98 Å². The molecule has 3 nitrogen and oxygen atoms in total. The van der Waals surface area contributed by atoms with Crippen LogP contribution in [0.1, 0.15) is 11.6 Å². The zero-order valence-electron chi connectivity index (χ0n) is 9.01. The Bertz CT molecular complexity index is 436. The van der Waals surface area contributed by atoms with Crippen molar-refractivity contribution >= 4 is 0 Å². The van der Waals surface area contributed by atoms with E-state index in [1.807, 2.05) is 42.5 Å². The van der Waals surface area contributed by atoms with Gasteiger partial charge in [-0.05, 0) is 17.7 Å². The smallest absolute Gasteiger partial charge is 0.0701 e. The highest BCUT2D eigenvalue weighted by molar-refractivity contribution is 5.59. The minimum absolute atomic E-state index is 0.0854. The molecule has 0 aliphatic heterocycles. The van der Waals surface area contributed by atoms with E-state index in [0.29, 0.717) is 6.54 Å². The molecule has 0 fully saturated rings. The third-order valence-corrected chi connectivity index (χ3v) is 2.55. The standard InChI is InChI=1S/C13H15N3/c14-9-12(15)10-4-6-11(7-5-10)13-3-1-2-8-16-13/h1-8,12H,9,14-15H2/t12-/m1/s1. The highest BCUT2D eigenvalue weighted by Gasteiger charge is 2.03. The Labute approximate surface area is 95.1 Å². The van der Waals surface area contributed by atoms with Gasteiger partial charge in [0, 0.05) is 24.3 Å². The van der Waals surface area contributed by atoms with E-state index in [1.54, 1.807) is 6.20 Å². The molecule has 1 atom stereocenters. The molecule has 1 aromatic heterocycles. The monoisotopic (exact) mass is 213 g/mol. The molecular formula is C13H15N3. The van der Waals surface area contributed by atoms with Gasteiger partial charge in [0.05, 0.1) is 5.69 Å². The maximum Gasteiger partial charge on any atom is 0.0701 e. The van der Waals surface area contributed by atoms with Crippen LogP contribution in [0.25, 0.3) is 11.3 Å². The molecule has 0 aliphatic rings. The lowest BCUT2D eigenvalue weighted by Gasteiger charge is -2.09. The van der Waals surface area contributed by atoms with E-state index in [1.165, 1.54) is 0 Å². The van der Waals surface area contributed by atoms with Gasteiger partial charge in [-0.2, -0.15) is 0 Å². The van der Waals surface area contributed by atoms with E-state index >= 15 is 0 Å². The topological polar surface area (TPSA) is 64.9 Å². The molecule has 1 aromatic carbocycles. The van der Waals surface area contributed by atoms with E-state index in [2.05, 4.69) is 4.98 Å². The lowest BCUT2D eigenvalue weighted by Crippen LogP contribution is -2.20. The van der Waals surface area contributed by atoms with E-state index in [4.69, 9.17) is 11.5 Å². The van der Waals surface area contributed by atoms with E-state index in [-0.39, 0.29) is 6.04 Å². The van der Waals surface area contributed by atoms with Crippen LogP contribution in [0.2, 0.25) is 0 Å². The number of pyridine rings is 1. The van der Waals surface area contributed by atoms with Crippen molar-refractivity contribution in [2.75, 3.05) is 6.54 Å². The predicted octanol–water partition coefficient (Wildman–Crippen LogP) is 1.71. The highest BCUT2D eigenvalue weighted by Crippen LogP contribution is 2.18. The van der Waals surface area contributed by atoms with E-state index in [0.717, 1.165) is 16.8 Å². The number of aromatic nitrogens is 1. The lowest BCUT2D eigenvalue weighted by molar-refractivity contribution is 0.737. The molecule has 0 radical (unpaired) electrons. The number of rotatable bonds is 3. The molecular weight excluding hydrogens is 198 g/mol. The molecule has 16 heavy (non-hydrogen) atoms. The van der Waals surface area contributed by atoms with Crippen LogP contribution in [0.15, 0.2) is 48.7 Å². The molecule has 0 spiro atoms. The molecule has 0 unspecified atom stereocenters. The number of hydrogen-bond acceptors (Lipinski definition) is 3. The summed E-state index contributed by atoms with van der Waals surface area (Å²) in [5.41, 5.74) is 14.5. The van der Waals surface area contributed by atoms with Crippen LogP contribution in [0.3, 0.4) is 0 Å². The zero-order chi connectivity index (χ0) is 11.4. The number of benzene rings is 1. The Hall–Kier alpha value is -1.71. The largest absolute Gasteiger partial charge is 0.329 e. The summed E-state index contributed by atoms with van der Waals surface area (Å²) in [6.07, 6.45) is 1.79. The van der Waals surface area contributed by atoms with Gasteiger partial charge in [0.25, 0.3) is 0 Å². The van der Waals surface area contributed by atoms with Gasteiger partial charge in [-0.25, -0.2) is 0 Å². The minimum Gasteiger partial charge on any atom is -0.329 e. The number of hydrogen-bond donors (Lipinski definition) is 2. The SMILES string of the molecule is NC[C@@H](N)c1ccc(-c2ccccn2)cc1. The molecule has 3 heteroatoms. The first-order valence-corrected chi connectivity index (χ1v) is 5.28. The summed E-state index contributed by atoms with van der Waals surface area (Å²) >= 11 is 0. The van der Waals surface area contributed by atoms with Crippen molar-refractivity contribution < 1.29 is 0 Å². The molecule has 0 aliphatic carbocycles. The predicted molar refractivity (Wildman–Crippen MR) is 65.7 cm³/mol. The Morgan fingerprint density at radius 3 is 2.38 bits per heavy atom. The van der Waals surface area contributed by atoms with Crippen LogP contribution in [0, 0.1) is 0 Å². The number of nitrogens with two attached hydrogens (primary N) is 2. The minimum atomic E-state index is -0.0854. The van der Waals surface area contributed by atoms with E-state index < -0.39 is 0 Å². The van der Waals surface area contributed by atoms with Gasteiger partial charge in [0.2, 0.25) is 0 Å². The fraction of sp³-hybridized carbons (Fsp3) is 0.154. The van der Waals surface area contributed by atoms with Gasteiger partial charge in [0.1, 0.15) is 0 Å². The van der Waals surface area contributed by atoms with Gasteiger partial charge >= 0.3 is 0 Å². The summed E-state index contributed by atoms with van der Waals surface area (Å²) in [7, 11) is 0.